The molecule has 4 heteroatoms. The van der Waals surface area contributed by atoms with Crippen molar-refractivity contribution in [1.29, 1.82) is 0 Å². The van der Waals surface area contributed by atoms with E-state index in [1.54, 1.807) is 11.8 Å². The minimum Gasteiger partial charge on any atom is -0.481 e. The molecule has 0 radical (unpaired) electrons. The molecule has 2 aromatic carbocycles. The lowest BCUT2D eigenvalue weighted by molar-refractivity contribution is -0.122. The zero-order chi connectivity index (χ0) is 15.9. The summed E-state index contributed by atoms with van der Waals surface area (Å²) in [6.07, 6.45) is 2.12. The van der Waals surface area contributed by atoms with Crippen molar-refractivity contribution in [3.05, 3.63) is 54.1 Å². The number of aryl methyl sites for hydroxylation is 1. The first kappa shape index (κ1) is 16.4. The van der Waals surface area contributed by atoms with E-state index >= 15 is 0 Å². The molecule has 116 valence electrons. The van der Waals surface area contributed by atoms with E-state index in [9.17, 15) is 4.79 Å². The first-order valence-electron chi connectivity index (χ1n) is 7.30. The normalized spacial score (nSPS) is 11.8. The van der Waals surface area contributed by atoms with Gasteiger partial charge in [0.2, 0.25) is 0 Å². The molecule has 0 aromatic heterocycles. The van der Waals surface area contributed by atoms with Crippen LogP contribution < -0.4 is 10.1 Å². The summed E-state index contributed by atoms with van der Waals surface area (Å²) in [4.78, 5) is 13.5. The lowest BCUT2D eigenvalue weighted by Crippen LogP contribution is -2.32. The molecule has 1 N–H and O–H groups in total. The van der Waals surface area contributed by atoms with Gasteiger partial charge in [-0.25, -0.2) is 0 Å². The van der Waals surface area contributed by atoms with Crippen LogP contribution in [-0.2, 0) is 4.79 Å². The molecule has 1 atom stereocenters. The molecule has 1 amide bonds. The molecule has 0 aliphatic rings. The van der Waals surface area contributed by atoms with Crippen molar-refractivity contribution in [2.24, 2.45) is 0 Å². The maximum absolute atomic E-state index is 12.4. The van der Waals surface area contributed by atoms with E-state index in [2.05, 4.69) is 5.32 Å². The first-order chi connectivity index (χ1) is 10.6. The number of amides is 1. The average molecular weight is 315 g/mol. The highest BCUT2D eigenvalue weighted by Crippen LogP contribution is 2.20. The van der Waals surface area contributed by atoms with Gasteiger partial charge in [-0.2, -0.15) is 0 Å². The molecule has 0 bridgehead atoms. The molecule has 0 heterocycles. The van der Waals surface area contributed by atoms with Crippen LogP contribution in [0.1, 0.15) is 18.9 Å². The molecule has 2 aromatic rings. The number of hydrogen-bond donors (Lipinski definition) is 1. The quantitative estimate of drug-likeness (QED) is 0.797. The minimum atomic E-state index is -0.500. The number of carbonyl (C=O) groups is 1. The number of nitrogens with one attached hydrogen (secondary N) is 1. The Hall–Kier alpha value is -1.94. The van der Waals surface area contributed by atoms with Crippen molar-refractivity contribution in [3.8, 4) is 5.75 Å². The molecular weight excluding hydrogens is 294 g/mol. The zero-order valence-corrected chi connectivity index (χ0v) is 13.9. The van der Waals surface area contributed by atoms with E-state index in [4.69, 9.17) is 4.74 Å². The smallest absolute Gasteiger partial charge is 0.265 e. The van der Waals surface area contributed by atoms with E-state index in [1.165, 1.54) is 0 Å². The summed E-state index contributed by atoms with van der Waals surface area (Å²) in [5.41, 5.74) is 1.91. The molecule has 22 heavy (non-hydrogen) atoms. The lowest BCUT2D eigenvalue weighted by Gasteiger charge is -2.17. The van der Waals surface area contributed by atoms with E-state index in [-0.39, 0.29) is 5.91 Å². The average Bonchev–Trinajstić information content (AvgIpc) is 2.52. The second-order valence-corrected chi connectivity index (χ2v) is 5.93. The van der Waals surface area contributed by atoms with Gasteiger partial charge >= 0.3 is 0 Å². The Morgan fingerprint density at radius 3 is 2.68 bits per heavy atom. The van der Waals surface area contributed by atoms with Crippen LogP contribution in [0, 0.1) is 6.92 Å². The van der Waals surface area contributed by atoms with Crippen LogP contribution in [0.15, 0.2) is 53.4 Å². The Labute approximate surface area is 136 Å². The van der Waals surface area contributed by atoms with Crippen molar-refractivity contribution in [1.82, 2.24) is 0 Å². The summed E-state index contributed by atoms with van der Waals surface area (Å²) < 4.78 is 5.82. The van der Waals surface area contributed by atoms with Gasteiger partial charge in [0.05, 0.1) is 0 Å². The number of ether oxygens (including phenoxy) is 1. The molecule has 0 aliphatic heterocycles. The minimum absolute atomic E-state index is 0.123. The standard InChI is InChI=1S/C18H21NO2S/c1-4-17(21-15-9-5-7-13(2)11-15)18(20)19-14-8-6-10-16(12-14)22-3/h5-12,17H,4H2,1-3H3,(H,19,20)/t17-/m0/s1. The van der Waals surface area contributed by atoms with Gasteiger partial charge in [0, 0.05) is 10.6 Å². The van der Waals surface area contributed by atoms with Crippen LogP contribution in [-0.4, -0.2) is 18.3 Å². The fourth-order valence-corrected chi connectivity index (χ4v) is 2.56. The number of carbonyl (C=O) groups excluding carboxylic acids is 1. The van der Waals surface area contributed by atoms with Crippen molar-refractivity contribution < 1.29 is 9.53 Å². The van der Waals surface area contributed by atoms with Gasteiger partial charge in [0.1, 0.15) is 5.75 Å². The largest absolute Gasteiger partial charge is 0.481 e. The molecule has 0 saturated heterocycles. The van der Waals surface area contributed by atoms with Gasteiger partial charge in [-0.3, -0.25) is 4.79 Å². The maximum atomic E-state index is 12.4. The number of benzene rings is 2. The van der Waals surface area contributed by atoms with Gasteiger partial charge in [-0.1, -0.05) is 25.1 Å². The van der Waals surface area contributed by atoms with Crippen LogP contribution in [0.2, 0.25) is 0 Å². The lowest BCUT2D eigenvalue weighted by atomic mass is 10.2. The highest BCUT2D eigenvalue weighted by atomic mass is 32.2. The number of rotatable bonds is 6. The fourth-order valence-electron chi connectivity index (χ4n) is 2.10. The van der Waals surface area contributed by atoms with Crippen molar-refractivity contribution in [3.63, 3.8) is 0 Å². The first-order valence-corrected chi connectivity index (χ1v) is 8.53. The van der Waals surface area contributed by atoms with Crippen molar-refractivity contribution in [2.45, 2.75) is 31.3 Å². The van der Waals surface area contributed by atoms with Crippen molar-refractivity contribution in [2.75, 3.05) is 11.6 Å². The Morgan fingerprint density at radius 1 is 1.23 bits per heavy atom. The van der Waals surface area contributed by atoms with E-state index < -0.39 is 6.10 Å². The van der Waals surface area contributed by atoms with Gasteiger partial charge in [-0.05, 0) is 55.5 Å². The SMILES string of the molecule is CC[C@H](Oc1cccc(C)c1)C(=O)Nc1cccc(SC)c1. The fraction of sp³-hybridized carbons (Fsp3) is 0.278. The van der Waals surface area contributed by atoms with E-state index in [1.807, 2.05) is 68.6 Å². The zero-order valence-electron chi connectivity index (χ0n) is 13.1. The second-order valence-electron chi connectivity index (χ2n) is 5.05. The summed E-state index contributed by atoms with van der Waals surface area (Å²) >= 11 is 1.65. The third-order valence-corrected chi connectivity index (χ3v) is 3.99. The highest BCUT2D eigenvalue weighted by molar-refractivity contribution is 7.98. The van der Waals surface area contributed by atoms with Crippen LogP contribution in [0.4, 0.5) is 5.69 Å². The van der Waals surface area contributed by atoms with Gasteiger partial charge < -0.3 is 10.1 Å². The molecule has 0 fully saturated rings. The third kappa shape index (κ3) is 4.53. The maximum Gasteiger partial charge on any atom is 0.265 e. The molecule has 3 nitrogen and oxygen atoms in total. The van der Waals surface area contributed by atoms with Gasteiger partial charge in [0.25, 0.3) is 5.91 Å². The molecule has 2 rings (SSSR count). The molecule has 0 aliphatic carbocycles. The summed E-state index contributed by atoms with van der Waals surface area (Å²) in [6.45, 7) is 3.94. The Morgan fingerprint density at radius 2 is 2.00 bits per heavy atom. The van der Waals surface area contributed by atoms with Crippen molar-refractivity contribution >= 4 is 23.4 Å². The van der Waals surface area contributed by atoms with E-state index in [0.29, 0.717) is 6.42 Å². The topological polar surface area (TPSA) is 38.3 Å². The van der Waals surface area contributed by atoms with Crippen LogP contribution in [0.3, 0.4) is 0 Å². The predicted molar refractivity (Wildman–Crippen MR) is 92.7 cm³/mol. The second kappa shape index (κ2) is 7.90. The number of hydrogen-bond acceptors (Lipinski definition) is 3. The third-order valence-electron chi connectivity index (χ3n) is 3.27. The van der Waals surface area contributed by atoms with Crippen LogP contribution in [0.25, 0.3) is 0 Å². The molecular formula is C18H21NO2S. The summed E-state index contributed by atoms with van der Waals surface area (Å²) in [5, 5.41) is 2.93. The van der Waals surface area contributed by atoms with Gasteiger partial charge in [0.15, 0.2) is 6.10 Å². The van der Waals surface area contributed by atoms with Crippen LogP contribution >= 0.6 is 11.8 Å². The highest BCUT2D eigenvalue weighted by Gasteiger charge is 2.18. The predicted octanol–water partition coefficient (Wildman–Crippen LogP) is 4.51. The number of anilines is 1. The molecule has 0 spiro atoms. The number of thioether (sulfide) groups is 1. The van der Waals surface area contributed by atoms with Gasteiger partial charge in [-0.15, -0.1) is 11.8 Å². The Kier molecular flexibility index (Phi) is 5.90. The Balaban J connectivity index is 2.05. The molecule has 0 saturated carbocycles. The van der Waals surface area contributed by atoms with Crippen LogP contribution in [0.5, 0.6) is 5.75 Å². The van der Waals surface area contributed by atoms with E-state index in [0.717, 1.165) is 21.9 Å². The molecule has 0 unspecified atom stereocenters. The Bertz CT molecular complexity index is 642. The summed E-state index contributed by atoms with van der Waals surface area (Å²) in [7, 11) is 0. The monoisotopic (exact) mass is 315 g/mol. The summed E-state index contributed by atoms with van der Waals surface area (Å²) in [5.74, 6) is 0.599. The summed E-state index contributed by atoms with van der Waals surface area (Å²) in [6, 6.07) is 15.5.